The van der Waals surface area contributed by atoms with Crippen molar-refractivity contribution in [3.05, 3.63) is 88.7 Å². The van der Waals surface area contributed by atoms with Crippen LogP contribution in [0.2, 0.25) is 5.02 Å². The smallest absolute Gasteiger partial charge is 0.161 e. The van der Waals surface area contributed by atoms with Gasteiger partial charge >= 0.3 is 0 Å². The third kappa shape index (κ3) is 4.67. The van der Waals surface area contributed by atoms with E-state index in [2.05, 4.69) is 5.32 Å². The number of benzene rings is 3. The lowest BCUT2D eigenvalue weighted by molar-refractivity contribution is 0.279. The summed E-state index contributed by atoms with van der Waals surface area (Å²) in [5.74, 6) is 0.901. The van der Waals surface area contributed by atoms with E-state index >= 15 is 0 Å². The molecule has 0 unspecified atom stereocenters. The predicted octanol–water partition coefficient (Wildman–Crippen LogP) is 5.68. The summed E-state index contributed by atoms with van der Waals surface area (Å²) in [5.41, 5.74) is 2.52. The van der Waals surface area contributed by atoms with Crippen molar-refractivity contribution in [3.63, 3.8) is 0 Å². The second-order valence-corrected chi connectivity index (χ2v) is 6.16. The Kier molecular flexibility index (Phi) is 5.97. The normalized spacial score (nSPS) is 10.4. The Morgan fingerprint density at radius 2 is 1.73 bits per heavy atom. The minimum Gasteiger partial charge on any atom is -0.493 e. The number of methoxy groups -OCH3 is 1. The van der Waals surface area contributed by atoms with Crippen molar-refractivity contribution < 1.29 is 13.9 Å². The van der Waals surface area contributed by atoms with E-state index in [1.807, 2.05) is 42.5 Å². The number of hydrogen-bond acceptors (Lipinski definition) is 3. The van der Waals surface area contributed by atoms with E-state index in [0.29, 0.717) is 28.6 Å². The summed E-state index contributed by atoms with van der Waals surface area (Å²) in [6.45, 7) is 0.775. The van der Waals surface area contributed by atoms with E-state index < -0.39 is 0 Å². The molecule has 0 saturated heterocycles. The topological polar surface area (TPSA) is 30.5 Å². The number of halogens is 2. The zero-order valence-electron chi connectivity index (χ0n) is 14.3. The molecule has 3 aromatic carbocycles. The number of ether oxygens (including phenoxy) is 2. The molecular weight excluding hydrogens is 353 g/mol. The summed E-state index contributed by atoms with van der Waals surface area (Å²) in [7, 11) is 1.59. The second-order valence-electron chi connectivity index (χ2n) is 5.73. The van der Waals surface area contributed by atoms with Crippen molar-refractivity contribution in [2.45, 2.75) is 13.2 Å². The SMILES string of the molecule is COc1cc(CNc2ccc(Cl)cc2)ccc1OCc1ccccc1F. The van der Waals surface area contributed by atoms with Crippen molar-refractivity contribution in [2.75, 3.05) is 12.4 Å². The van der Waals surface area contributed by atoms with Crippen LogP contribution in [0.15, 0.2) is 66.7 Å². The molecule has 5 heteroatoms. The van der Waals surface area contributed by atoms with Crippen LogP contribution in [0.1, 0.15) is 11.1 Å². The molecule has 0 amide bonds. The molecule has 0 saturated carbocycles. The molecule has 3 rings (SSSR count). The summed E-state index contributed by atoms with van der Waals surface area (Å²) in [5, 5.41) is 4.02. The van der Waals surface area contributed by atoms with Crippen LogP contribution in [0.3, 0.4) is 0 Å². The van der Waals surface area contributed by atoms with Crippen LogP contribution < -0.4 is 14.8 Å². The Bertz CT molecular complexity index is 868. The molecule has 0 aromatic heterocycles. The fourth-order valence-corrected chi connectivity index (χ4v) is 2.61. The van der Waals surface area contributed by atoms with Gasteiger partial charge in [-0.2, -0.15) is 0 Å². The molecule has 0 heterocycles. The van der Waals surface area contributed by atoms with Gasteiger partial charge in [0, 0.05) is 22.8 Å². The van der Waals surface area contributed by atoms with Gasteiger partial charge < -0.3 is 14.8 Å². The number of anilines is 1. The van der Waals surface area contributed by atoms with Crippen molar-refractivity contribution >= 4 is 17.3 Å². The molecule has 134 valence electrons. The lowest BCUT2D eigenvalue weighted by Gasteiger charge is -2.13. The zero-order valence-corrected chi connectivity index (χ0v) is 15.1. The lowest BCUT2D eigenvalue weighted by Crippen LogP contribution is -2.02. The Morgan fingerprint density at radius 1 is 0.962 bits per heavy atom. The van der Waals surface area contributed by atoms with Gasteiger partial charge in [-0.15, -0.1) is 0 Å². The highest BCUT2D eigenvalue weighted by Crippen LogP contribution is 2.29. The van der Waals surface area contributed by atoms with Gasteiger partial charge in [0.2, 0.25) is 0 Å². The first-order valence-electron chi connectivity index (χ1n) is 8.18. The molecule has 0 spiro atoms. The summed E-state index contributed by atoms with van der Waals surface area (Å²) in [6, 6.07) is 19.8. The Hall–Kier alpha value is -2.72. The minimum atomic E-state index is -0.282. The largest absolute Gasteiger partial charge is 0.493 e. The predicted molar refractivity (Wildman–Crippen MR) is 103 cm³/mol. The van der Waals surface area contributed by atoms with E-state index in [1.54, 1.807) is 25.3 Å². The Labute approximate surface area is 157 Å². The van der Waals surface area contributed by atoms with Crippen LogP contribution in [-0.2, 0) is 13.2 Å². The van der Waals surface area contributed by atoms with E-state index in [-0.39, 0.29) is 12.4 Å². The van der Waals surface area contributed by atoms with Crippen LogP contribution >= 0.6 is 11.6 Å². The molecule has 26 heavy (non-hydrogen) atoms. The highest BCUT2D eigenvalue weighted by Gasteiger charge is 2.08. The van der Waals surface area contributed by atoms with Gasteiger partial charge in [0.15, 0.2) is 11.5 Å². The molecule has 3 nitrogen and oxygen atoms in total. The van der Waals surface area contributed by atoms with E-state index in [0.717, 1.165) is 11.3 Å². The third-order valence-electron chi connectivity index (χ3n) is 3.91. The quantitative estimate of drug-likeness (QED) is 0.579. The molecule has 0 aliphatic carbocycles. The molecule has 0 aliphatic heterocycles. The van der Waals surface area contributed by atoms with Crippen LogP contribution in [-0.4, -0.2) is 7.11 Å². The zero-order chi connectivity index (χ0) is 18.4. The molecule has 1 N–H and O–H groups in total. The van der Waals surface area contributed by atoms with E-state index in [4.69, 9.17) is 21.1 Å². The van der Waals surface area contributed by atoms with Gasteiger partial charge in [0.1, 0.15) is 12.4 Å². The Morgan fingerprint density at radius 3 is 2.46 bits per heavy atom. The highest BCUT2D eigenvalue weighted by atomic mass is 35.5. The van der Waals surface area contributed by atoms with Gasteiger partial charge in [0.25, 0.3) is 0 Å². The van der Waals surface area contributed by atoms with Crippen LogP contribution in [0.5, 0.6) is 11.5 Å². The second kappa shape index (κ2) is 8.59. The van der Waals surface area contributed by atoms with Crippen molar-refractivity contribution in [2.24, 2.45) is 0 Å². The summed E-state index contributed by atoms with van der Waals surface area (Å²) in [4.78, 5) is 0. The van der Waals surface area contributed by atoms with Crippen LogP contribution in [0.25, 0.3) is 0 Å². The Balaban J connectivity index is 1.65. The molecule has 0 bridgehead atoms. The molecule has 0 radical (unpaired) electrons. The summed E-state index contributed by atoms with van der Waals surface area (Å²) < 4.78 is 24.8. The third-order valence-corrected chi connectivity index (χ3v) is 4.16. The van der Waals surface area contributed by atoms with Gasteiger partial charge in [0.05, 0.1) is 7.11 Å². The van der Waals surface area contributed by atoms with Gasteiger partial charge in [-0.3, -0.25) is 0 Å². The summed E-state index contributed by atoms with van der Waals surface area (Å²) >= 11 is 5.89. The molecular formula is C21H19ClFNO2. The summed E-state index contributed by atoms with van der Waals surface area (Å²) in [6.07, 6.45) is 0. The average molecular weight is 372 g/mol. The van der Waals surface area contributed by atoms with Gasteiger partial charge in [-0.05, 0) is 48.0 Å². The lowest BCUT2D eigenvalue weighted by atomic mass is 10.2. The number of nitrogens with one attached hydrogen (secondary N) is 1. The number of rotatable bonds is 7. The molecule has 3 aromatic rings. The minimum absolute atomic E-state index is 0.144. The molecule has 0 atom stereocenters. The van der Waals surface area contributed by atoms with Crippen molar-refractivity contribution in [1.29, 1.82) is 0 Å². The first kappa shape index (κ1) is 18.1. The maximum absolute atomic E-state index is 13.7. The van der Waals surface area contributed by atoms with E-state index in [1.165, 1.54) is 6.07 Å². The highest BCUT2D eigenvalue weighted by molar-refractivity contribution is 6.30. The first-order chi connectivity index (χ1) is 12.7. The maximum atomic E-state index is 13.7. The average Bonchev–Trinajstić information content (AvgIpc) is 2.67. The molecule has 0 fully saturated rings. The van der Waals surface area contributed by atoms with Gasteiger partial charge in [-0.1, -0.05) is 35.9 Å². The molecule has 0 aliphatic rings. The fourth-order valence-electron chi connectivity index (χ4n) is 2.48. The maximum Gasteiger partial charge on any atom is 0.161 e. The monoisotopic (exact) mass is 371 g/mol. The first-order valence-corrected chi connectivity index (χ1v) is 8.56. The van der Waals surface area contributed by atoms with Crippen LogP contribution in [0, 0.1) is 5.82 Å². The van der Waals surface area contributed by atoms with Crippen molar-refractivity contribution in [3.8, 4) is 11.5 Å². The fraction of sp³-hybridized carbons (Fsp3) is 0.143. The number of hydrogen-bond donors (Lipinski definition) is 1. The van der Waals surface area contributed by atoms with Crippen molar-refractivity contribution in [1.82, 2.24) is 0 Å². The standard InChI is InChI=1S/C21H19ClFNO2/c1-25-21-12-15(13-24-18-9-7-17(22)8-10-18)6-11-20(21)26-14-16-4-2-3-5-19(16)23/h2-12,24H,13-14H2,1H3. The van der Waals surface area contributed by atoms with Crippen LogP contribution in [0.4, 0.5) is 10.1 Å². The van der Waals surface area contributed by atoms with Gasteiger partial charge in [-0.25, -0.2) is 4.39 Å². The van der Waals surface area contributed by atoms with E-state index in [9.17, 15) is 4.39 Å².